The molecule has 0 saturated carbocycles. The van der Waals surface area contributed by atoms with Gasteiger partial charge in [0.15, 0.2) is 0 Å². The summed E-state index contributed by atoms with van der Waals surface area (Å²) in [5.74, 6) is 0.857. The summed E-state index contributed by atoms with van der Waals surface area (Å²) in [6.45, 7) is 0. The van der Waals surface area contributed by atoms with Gasteiger partial charge in [0.25, 0.3) is 0 Å². The van der Waals surface area contributed by atoms with Gasteiger partial charge in [0, 0.05) is 12.4 Å². The number of benzene rings is 2. The zero-order valence-electron chi connectivity index (χ0n) is 11.2. The van der Waals surface area contributed by atoms with Crippen LogP contribution in [0.2, 0.25) is 0 Å². The minimum atomic E-state index is 0.857. The molecule has 97 valence electrons. The van der Waals surface area contributed by atoms with E-state index >= 15 is 0 Å². The third kappa shape index (κ3) is 2.41. The molecule has 0 aliphatic carbocycles. The van der Waals surface area contributed by atoms with Crippen LogP contribution in [0.1, 0.15) is 0 Å². The van der Waals surface area contributed by atoms with E-state index in [9.17, 15) is 0 Å². The van der Waals surface area contributed by atoms with Gasteiger partial charge in [-0.2, -0.15) is 0 Å². The molecule has 0 aliphatic heterocycles. The number of methoxy groups -OCH3 is 1. The molecule has 0 atom stereocenters. The van der Waals surface area contributed by atoms with Crippen molar-refractivity contribution >= 4 is 0 Å². The van der Waals surface area contributed by atoms with Crippen LogP contribution in [0.25, 0.3) is 22.3 Å². The summed E-state index contributed by atoms with van der Waals surface area (Å²) in [6, 6.07) is 21.4. The van der Waals surface area contributed by atoms with Crippen LogP contribution in [0.5, 0.6) is 5.75 Å². The molecule has 1 radical (unpaired) electrons. The van der Waals surface area contributed by atoms with Crippen molar-refractivity contribution in [1.82, 2.24) is 4.98 Å². The first-order valence-electron chi connectivity index (χ1n) is 6.44. The van der Waals surface area contributed by atoms with Gasteiger partial charge < -0.3 is 4.74 Å². The maximum absolute atomic E-state index is 5.20. The van der Waals surface area contributed by atoms with Crippen LogP contribution in [0, 0.1) is 6.07 Å². The van der Waals surface area contributed by atoms with Crippen molar-refractivity contribution in [3.63, 3.8) is 0 Å². The molecule has 1 aromatic heterocycles. The SMILES string of the molecule is COc1ccc(-c2[c]cccc2-c2ccncc2)cc1. The molecule has 0 aliphatic rings. The van der Waals surface area contributed by atoms with Crippen molar-refractivity contribution in [3.8, 4) is 28.0 Å². The number of aromatic nitrogens is 1. The second-order valence-corrected chi connectivity index (χ2v) is 4.42. The first kappa shape index (κ1) is 12.4. The smallest absolute Gasteiger partial charge is 0.118 e. The summed E-state index contributed by atoms with van der Waals surface area (Å²) >= 11 is 0. The van der Waals surface area contributed by atoms with E-state index in [-0.39, 0.29) is 0 Å². The van der Waals surface area contributed by atoms with Crippen LogP contribution >= 0.6 is 0 Å². The molecule has 0 N–H and O–H groups in total. The molecule has 3 aromatic rings. The van der Waals surface area contributed by atoms with E-state index in [4.69, 9.17) is 4.74 Å². The van der Waals surface area contributed by atoms with Gasteiger partial charge in [0.05, 0.1) is 7.11 Å². The van der Waals surface area contributed by atoms with Gasteiger partial charge >= 0.3 is 0 Å². The standard InChI is InChI=1S/C18H14NO/c1-20-16-8-6-14(7-9-16)17-4-2-3-5-18(17)15-10-12-19-13-11-15/h2-3,5-13H,1H3. The average Bonchev–Trinajstić information content (AvgIpc) is 2.56. The average molecular weight is 260 g/mol. The summed E-state index contributed by atoms with van der Waals surface area (Å²) in [7, 11) is 1.67. The monoisotopic (exact) mass is 260 g/mol. The van der Waals surface area contributed by atoms with Crippen molar-refractivity contribution in [2.24, 2.45) is 0 Å². The van der Waals surface area contributed by atoms with Gasteiger partial charge in [-0.05, 0) is 52.6 Å². The number of rotatable bonds is 3. The quantitative estimate of drug-likeness (QED) is 0.703. The Morgan fingerprint density at radius 2 is 1.65 bits per heavy atom. The van der Waals surface area contributed by atoms with Crippen LogP contribution < -0.4 is 4.74 Å². The van der Waals surface area contributed by atoms with Crippen LogP contribution in [-0.2, 0) is 0 Å². The molecule has 0 fully saturated rings. The van der Waals surface area contributed by atoms with E-state index in [1.54, 1.807) is 19.5 Å². The Bertz CT molecular complexity index is 690. The molecule has 0 amide bonds. The number of pyridine rings is 1. The lowest BCUT2D eigenvalue weighted by atomic mass is 9.95. The number of hydrogen-bond donors (Lipinski definition) is 0. The van der Waals surface area contributed by atoms with Crippen molar-refractivity contribution in [2.75, 3.05) is 7.11 Å². The minimum absolute atomic E-state index is 0.857. The molecule has 0 saturated heterocycles. The number of nitrogens with zero attached hydrogens (tertiary/aromatic N) is 1. The molecule has 1 heterocycles. The number of hydrogen-bond acceptors (Lipinski definition) is 2. The van der Waals surface area contributed by atoms with Crippen molar-refractivity contribution in [1.29, 1.82) is 0 Å². The molecular formula is C18H14NO. The van der Waals surface area contributed by atoms with Crippen molar-refractivity contribution in [3.05, 3.63) is 73.1 Å². The largest absolute Gasteiger partial charge is 0.497 e. The van der Waals surface area contributed by atoms with E-state index in [1.165, 1.54) is 0 Å². The lowest BCUT2D eigenvalue weighted by Crippen LogP contribution is -1.87. The highest BCUT2D eigenvalue weighted by Crippen LogP contribution is 2.31. The maximum Gasteiger partial charge on any atom is 0.118 e. The van der Waals surface area contributed by atoms with Crippen LogP contribution in [0.15, 0.2) is 67.0 Å². The van der Waals surface area contributed by atoms with E-state index in [0.29, 0.717) is 0 Å². The Hall–Kier alpha value is -2.61. The highest BCUT2D eigenvalue weighted by atomic mass is 16.5. The molecule has 3 rings (SSSR count). The first-order valence-corrected chi connectivity index (χ1v) is 6.44. The Kier molecular flexibility index (Phi) is 3.46. The molecule has 2 nitrogen and oxygen atoms in total. The van der Waals surface area contributed by atoms with Crippen LogP contribution in [0.3, 0.4) is 0 Å². The van der Waals surface area contributed by atoms with Gasteiger partial charge in [-0.3, -0.25) is 4.98 Å². The zero-order valence-corrected chi connectivity index (χ0v) is 11.2. The summed E-state index contributed by atoms with van der Waals surface area (Å²) < 4.78 is 5.20. The summed E-state index contributed by atoms with van der Waals surface area (Å²) in [5, 5.41) is 0. The predicted molar refractivity (Wildman–Crippen MR) is 80.5 cm³/mol. The van der Waals surface area contributed by atoms with Gasteiger partial charge in [-0.15, -0.1) is 0 Å². The molecule has 20 heavy (non-hydrogen) atoms. The number of ether oxygens (including phenoxy) is 1. The lowest BCUT2D eigenvalue weighted by molar-refractivity contribution is 0.415. The fourth-order valence-corrected chi connectivity index (χ4v) is 2.21. The van der Waals surface area contributed by atoms with E-state index in [0.717, 1.165) is 28.0 Å². The van der Waals surface area contributed by atoms with E-state index in [1.807, 2.05) is 36.4 Å². The van der Waals surface area contributed by atoms with Crippen LogP contribution in [-0.4, -0.2) is 12.1 Å². The molecule has 0 bridgehead atoms. The third-order valence-electron chi connectivity index (χ3n) is 3.23. The second-order valence-electron chi connectivity index (χ2n) is 4.42. The van der Waals surface area contributed by atoms with Crippen LogP contribution in [0.4, 0.5) is 0 Å². The summed E-state index contributed by atoms with van der Waals surface area (Å²) in [6.07, 6.45) is 3.61. The van der Waals surface area contributed by atoms with Gasteiger partial charge in [-0.1, -0.05) is 30.3 Å². The second kappa shape index (κ2) is 5.57. The van der Waals surface area contributed by atoms with Gasteiger partial charge in [0.1, 0.15) is 5.75 Å². The Morgan fingerprint density at radius 3 is 2.35 bits per heavy atom. The topological polar surface area (TPSA) is 22.1 Å². The van der Waals surface area contributed by atoms with Gasteiger partial charge in [0.2, 0.25) is 0 Å². The first-order chi connectivity index (χ1) is 9.88. The zero-order chi connectivity index (χ0) is 13.8. The fraction of sp³-hybridized carbons (Fsp3) is 0.0556. The highest BCUT2D eigenvalue weighted by molar-refractivity contribution is 5.82. The summed E-state index contributed by atoms with van der Waals surface area (Å²) in [4.78, 5) is 4.07. The van der Waals surface area contributed by atoms with Crippen molar-refractivity contribution in [2.45, 2.75) is 0 Å². The normalized spacial score (nSPS) is 10.2. The predicted octanol–water partition coefficient (Wildman–Crippen LogP) is 4.22. The molecule has 2 heteroatoms. The van der Waals surface area contributed by atoms with Gasteiger partial charge in [-0.25, -0.2) is 0 Å². The maximum atomic E-state index is 5.20. The third-order valence-corrected chi connectivity index (χ3v) is 3.23. The molecule has 0 unspecified atom stereocenters. The summed E-state index contributed by atoms with van der Waals surface area (Å²) in [5.41, 5.74) is 4.50. The minimum Gasteiger partial charge on any atom is -0.497 e. The molecule has 0 spiro atoms. The lowest BCUT2D eigenvalue weighted by Gasteiger charge is -2.10. The highest BCUT2D eigenvalue weighted by Gasteiger charge is 2.07. The Labute approximate surface area is 118 Å². The fourth-order valence-electron chi connectivity index (χ4n) is 2.21. The van der Waals surface area contributed by atoms with Crippen molar-refractivity contribution < 1.29 is 4.74 Å². The molecule has 2 aromatic carbocycles. The Morgan fingerprint density at radius 1 is 0.900 bits per heavy atom. The van der Waals surface area contributed by atoms with E-state index in [2.05, 4.69) is 29.2 Å². The Balaban J connectivity index is 2.10. The molecular weight excluding hydrogens is 246 g/mol. The van der Waals surface area contributed by atoms with E-state index < -0.39 is 0 Å².